The number of amides is 1. The van der Waals surface area contributed by atoms with E-state index in [0.717, 1.165) is 23.9 Å². The van der Waals surface area contributed by atoms with Crippen molar-refractivity contribution in [1.82, 2.24) is 10.2 Å². The molecule has 0 unspecified atom stereocenters. The van der Waals surface area contributed by atoms with E-state index in [1.54, 1.807) is 24.3 Å². The van der Waals surface area contributed by atoms with Gasteiger partial charge in [0.25, 0.3) is 5.22 Å². The smallest absolute Gasteiger partial charge is 0.411 e. The molecule has 1 N–H and O–H groups in total. The number of anilines is 1. The Morgan fingerprint density at radius 2 is 1.89 bits per heavy atom. The Morgan fingerprint density at radius 1 is 1.14 bits per heavy atom. The van der Waals surface area contributed by atoms with Crippen molar-refractivity contribution < 1.29 is 22.4 Å². The van der Waals surface area contributed by atoms with Crippen LogP contribution < -0.4 is 5.32 Å². The molecule has 3 rings (SSSR count). The van der Waals surface area contributed by atoms with Gasteiger partial charge in [-0.1, -0.05) is 47.1 Å². The number of rotatable bonds is 5. The molecule has 0 bridgehead atoms. The molecule has 5 nitrogen and oxygen atoms in total. The van der Waals surface area contributed by atoms with Gasteiger partial charge in [0.05, 0.1) is 27.6 Å². The van der Waals surface area contributed by atoms with Crippen LogP contribution in [0.3, 0.4) is 0 Å². The molecular weight excluding hydrogens is 438 g/mol. The molecule has 2 aromatic carbocycles. The summed E-state index contributed by atoms with van der Waals surface area (Å²) in [6.07, 6.45) is -4.66. The van der Waals surface area contributed by atoms with Gasteiger partial charge in [0.1, 0.15) is 0 Å². The van der Waals surface area contributed by atoms with E-state index >= 15 is 0 Å². The van der Waals surface area contributed by atoms with Gasteiger partial charge in [0.2, 0.25) is 11.8 Å². The van der Waals surface area contributed by atoms with E-state index in [4.69, 9.17) is 27.6 Å². The molecule has 1 aromatic heterocycles. The first kappa shape index (κ1) is 20.5. The second kappa shape index (κ2) is 8.42. The molecule has 0 radical (unpaired) electrons. The molecule has 3 aromatic rings. The zero-order chi connectivity index (χ0) is 20.3. The lowest BCUT2D eigenvalue weighted by Crippen LogP contribution is -2.18. The number of hydrogen-bond donors (Lipinski definition) is 1. The van der Waals surface area contributed by atoms with Crippen LogP contribution in [0, 0.1) is 0 Å². The maximum absolute atomic E-state index is 13.1. The Kier molecular flexibility index (Phi) is 6.17. The van der Waals surface area contributed by atoms with Gasteiger partial charge in [0.15, 0.2) is 0 Å². The zero-order valence-electron chi connectivity index (χ0n) is 13.8. The number of benzene rings is 2. The molecule has 1 amide bonds. The number of carbonyl (C=O) groups is 1. The molecule has 0 saturated carbocycles. The van der Waals surface area contributed by atoms with Crippen LogP contribution in [0.25, 0.3) is 11.5 Å². The normalized spacial score (nSPS) is 11.5. The SMILES string of the molecule is O=C(CSc1nnc(-c2ccccc2Cl)o1)Nc1ccc(Cl)cc1C(F)(F)F. The van der Waals surface area contributed by atoms with E-state index in [0.29, 0.717) is 10.6 Å². The van der Waals surface area contributed by atoms with Crippen LogP contribution in [0.5, 0.6) is 0 Å². The van der Waals surface area contributed by atoms with Crippen molar-refractivity contribution in [1.29, 1.82) is 0 Å². The van der Waals surface area contributed by atoms with Crippen LogP contribution in [-0.2, 0) is 11.0 Å². The highest BCUT2D eigenvalue weighted by atomic mass is 35.5. The molecule has 1 heterocycles. The number of hydrogen-bond acceptors (Lipinski definition) is 5. The van der Waals surface area contributed by atoms with Crippen molar-refractivity contribution in [3.8, 4) is 11.5 Å². The first-order chi connectivity index (χ1) is 13.2. The van der Waals surface area contributed by atoms with E-state index in [1.165, 1.54) is 6.07 Å². The van der Waals surface area contributed by atoms with Crippen LogP contribution in [-0.4, -0.2) is 21.9 Å². The summed E-state index contributed by atoms with van der Waals surface area (Å²) in [6.45, 7) is 0. The topological polar surface area (TPSA) is 68.0 Å². The minimum atomic E-state index is -4.66. The molecule has 0 aliphatic rings. The largest absolute Gasteiger partial charge is 0.418 e. The van der Waals surface area contributed by atoms with Gasteiger partial charge in [-0.2, -0.15) is 13.2 Å². The summed E-state index contributed by atoms with van der Waals surface area (Å²) in [5.74, 6) is -0.731. The van der Waals surface area contributed by atoms with Gasteiger partial charge in [-0.05, 0) is 30.3 Å². The fourth-order valence-electron chi connectivity index (χ4n) is 2.19. The minimum absolute atomic E-state index is 0.0808. The van der Waals surface area contributed by atoms with E-state index in [1.807, 2.05) is 0 Å². The number of nitrogens with one attached hydrogen (secondary N) is 1. The van der Waals surface area contributed by atoms with Crippen LogP contribution in [0.1, 0.15) is 5.56 Å². The molecule has 146 valence electrons. The summed E-state index contributed by atoms with van der Waals surface area (Å²) in [6, 6.07) is 9.94. The summed E-state index contributed by atoms with van der Waals surface area (Å²) in [7, 11) is 0. The maximum atomic E-state index is 13.1. The highest BCUT2D eigenvalue weighted by Gasteiger charge is 2.34. The van der Waals surface area contributed by atoms with Gasteiger partial charge in [-0.15, -0.1) is 10.2 Å². The zero-order valence-corrected chi connectivity index (χ0v) is 16.1. The number of carbonyl (C=O) groups excluding carboxylic acids is 1. The summed E-state index contributed by atoms with van der Waals surface area (Å²) in [5, 5.41) is 10.3. The number of nitrogens with zero attached hydrogens (tertiary/aromatic N) is 2. The van der Waals surface area contributed by atoms with Gasteiger partial charge >= 0.3 is 6.18 Å². The number of thioether (sulfide) groups is 1. The lowest BCUT2D eigenvalue weighted by molar-refractivity contribution is -0.137. The van der Waals surface area contributed by atoms with Crippen molar-refractivity contribution in [2.75, 3.05) is 11.1 Å². The first-order valence-electron chi connectivity index (χ1n) is 7.62. The lowest BCUT2D eigenvalue weighted by Gasteiger charge is -2.13. The standard InChI is InChI=1S/C17H10Cl2F3N3O2S/c18-9-5-6-13(11(7-9)17(20,21)22)23-14(26)8-28-16-25-24-15(27-16)10-3-1-2-4-12(10)19/h1-7H,8H2,(H,23,26). The van der Waals surface area contributed by atoms with Gasteiger partial charge in [0, 0.05) is 5.02 Å². The molecule has 0 saturated heterocycles. The summed E-state index contributed by atoms with van der Waals surface area (Å²) in [5.41, 5.74) is -0.883. The van der Waals surface area contributed by atoms with Crippen molar-refractivity contribution in [2.24, 2.45) is 0 Å². The molecule has 11 heteroatoms. The third kappa shape index (κ3) is 4.98. The number of alkyl halides is 3. The average Bonchev–Trinajstić information content (AvgIpc) is 3.10. The molecular formula is C17H10Cl2F3N3O2S. The van der Waals surface area contributed by atoms with E-state index in [9.17, 15) is 18.0 Å². The molecule has 0 aliphatic heterocycles. The first-order valence-corrected chi connectivity index (χ1v) is 9.36. The fraction of sp³-hybridized carbons (Fsp3) is 0.118. The molecule has 0 fully saturated rings. The predicted octanol–water partition coefficient (Wildman–Crippen LogP) is 5.79. The summed E-state index contributed by atoms with van der Waals surface area (Å²) >= 11 is 12.5. The van der Waals surface area contributed by atoms with E-state index in [2.05, 4.69) is 15.5 Å². The van der Waals surface area contributed by atoms with Gasteiger partial charge < -0.3 is 9.73 Å². The molecule has 0 aliphatic carbocycles. The van der Waals surface area contributed by atoms with Crippen LogP contribution in [0.2, 0.25) is 10.0 Å². The minimum Gasteiger partial charge on any atom is -0.411 e. The van der Waals surface area contributed by atoms with Crippen LogP contribution in [0.4, 0.5) is 18.9 Å². The Hall–Kier alpha value is -2.23. The van der Waals surface area contributed by atoms with Crippen molar-refractivity contribution in [3.63, 3.8) is 0 Å². The third-order valence-corrected chi connectivity index (χ3v) is 4.78. The van der Waals surface area contributed by atoms with Crippen LogP contribution >= 0.6 is 35.0 Å². The second-order valence-corrected chi connectivity index (χ2v) is 7.15. The third-order valence-electron chi connectivity index (χ3n) is 3.40. The van der Waals surface area contributed by atoms with Gasteiger partial charge in [-0.3, -0.25) is 4.79 Å². The summed E-state index contributed by atoms with van der Waals surface area (Å²) < 4.78 is 44.6. The number of aromatic nitrogens is 2. The molecule has 0 atom stereocenters. The molecule has 0 spiro atoms. The Labute approximate surface area is 171 Å². The van der Waals surface area contributed by atoms with E-state index < -0.39 is 17.6 Å². The van der Waals surface area contributed by atoms with E-state index in [-0.39, 0.29) is 27.6 Å². The maximum Gasteiger partial charge on any atom is 0.418 e. The quantitative estimate of drug-likeness (QED) is 0.501. The van der Waals surface area contributed by atoms with Crippen molar-refractivity contribution in [2.45, 2.75) is 11.4 Å². The van der Waals surface area contributed by atoms with Crippen molar-refractivity contribution in [3.05, 3.63) is 58.1 Å². The van der Waals surface area contributed by atoms with Gasteiger partial charge in [-0.25, -0.2) is 0 Å². The highest BCUT2D eigenvalue weighted by Crippen LogP contribution is 2.36. The van der Waals surface area contributed by atoms with Crippen molar-refractivity contribution >= 4 is 46.6 Å². The Balaban J connectivity index is 1.65. The average molecular weight is 448 g/mol. The van der Waals surface area contributed by atoms with Crippen LogP contribution in [0.15, 0.2) is 52.1 Å². The number of halogens is 5. The predicted molar refractivity (Wildman–Crippen MR) is 101 cm³/mol. The summed E-state index contributed by atoms with van der Waals surface area (Å²) in [4.78, 5) is 12.0. The lowest BCUT2D eigenvalue weighted by atomic mass is 10.1. The molecule has 28 heavy (non-hydrogen) atoms. The fourth-order valence-corrected chi connectivity index (χ4v) is 3.14. The second-order valence-electron chi connectivity index (χ2n) is 5.38. The Bertz CT molecular complexity index is 1010. The highest BCUT2D eigenvalue weighted by molar-refractivity contribution is 7.99. The monoisotopic (exact) mass is 447 g/mol. The Morgan fingerprint density at radius 3 is 2.61 bits per heavy atom.